The van der Waals surface area contributed by atoms with Gasteiger partial charge >= 0.3 is 18.2 Å². The normalized spacial score (nSPS) is 22.7. The van der Waals surface area contributed by atoms with Gasteiger partial charge in [0.25, 0.3) is 6.43 Å². The summed E-state index contributed by atoms with van der Waals surface area (Å²) in [6, 6.07) is 2.31. The molecule has 48 heavy (non-hydrogen) atoms. The van der Waals surface area contributed by atoms with E-state index >= 15 is 0 Å². The van der Waals surface area contributed by atoms with Gasteiger partial charge in [-0.1, -0.05) is 0 Å². The van der Waals surface area contributed by atoms with Gasteiger partial charge in [-0.3, -0.25) is 4.90 Å². The van der Waals surface area contributed by atoms with Crippen molar-refractivity contribution in [2.75, 3.05) is 55.1 Å². The number of amides is 2. The third-order valence-electron chi connectivity index (χ3n) is 9.16. The Hall–Kier alpha value is -4.41. The Labute approximate surface area is 273 Å². The lowest BCUT2D eigenvalue weighted by atomic mass is 9.87. The van der Waals surface area contributed by atoms with E-state index in [0.717, 1.165) is 19.0 Å². The summed E-state index contributed by atoms with van der Waals surface area (Å²) >= 11 is 0. The number of methoxy groups -OCH3 is 1. The predicted octanol–water partition coefficient (Wildman–Crippen LogP) is 5.18. The van der Waals surface area contributed by atoms with Crippen LogP contribution in [0.4, 0.5) is 44.3 Å². The summed E-state index contributed by atoms with van der Waals surface area (Å²) < 4.78 is 78.4. The van der Waals surface area contributed by atoms with Gasteiger partial charge in [0.05, 0.1) is 20.3 Å². The van der Waals surface area contributed by atoms with Gasteiger partial charge < -0.3 is 25.0 Å². The Balaban J connectivity index is 1.15. The summed E-state index contributed by atoms with van der Waals surface area (Å²) in [4.78, 5) is 37.2. The summed E-state index contributed by atoms with van der Waals surface area (Å²) in [5.74, 6) is 0.231. The molecule has 0 aromatic carbocycles. The molecule has 3 aliphatic rings. The maximum absolute atomic E-state index is 14.0. The van der Waals surface area contributed by atoms with E-state index in [1.54, 1.807) is 35.6 Å². The zero-order chi connectivity index (χ0) is 33.9. The van der Waals surface area contributed by atoms with Gasteiger partial charge in [-0.05, 0) is 50.7 Å². The molecule has 2 saturated heterocycles. The number of urea groups is 1. The first-order valence-corrected chi connectivity index (χ1v) is 15.7. The van der Waals surface area contributed by atoms with Crippen molar-refractivity contribution in [1.82, 2.24) is 30.2 Å². The van der Waals surface area contributed by atoms with Crippen LogP contribution in [-0.2, 0) is 10.9 Å². The number of alkyl halides is 5. The zero-order valence-electron chi connectivity index (χ0n) is 26.2. The number of ether oxygens (including phenoxy) is 2. The fraction of sp³-hybridized carbons (Fsp3) is 0.548. The van der Waals surface area contributed by atoms with Crippen molar-refractivity contribution >= 4 is 23.6 Å². The molecular weight excluding hydrogens is 641 g/mol. The van der Waals surface area contributed by atoms with Gasteiger partial charge in [0.1, 0.15) is 17.2 Å². The summed E-state index contributed by atoms with van der Waals surface area (Å²) in [6.07, 6.45) is 1.69. The van der Waals surface area contributed by atoms with Crippen LogP contribution in [0.15, 0.2) is 36.9 Å². The van der Waals surface area contributed by atoms with Crippen LogP contribution in [0.3, 0.4) is 0 Å². The van der Waals surface area contributed by atoms with E-state index in [4.69, 9.17) is 9.47 Å². The third-order valence-corrected chi connectivity index (χ3v) is 9.16. The van der Waals surface area contributed by atoms with Crippen molar-refractivity contribution in [3.8, 4) is 17.1 Å². The van der Waals surface area contributed by atoms with Crippen LogP contribution < -0.4 is 25.2 Å². The van der Waals surface area contributed by atoms with Gasteiger partial charge in [0.15, 0.2) is 0 Å². The molecule has 5 heterocycles. The number of nitrogens with zero attached hydrogens (tertiary/aromatic N) is 7. The van der Waals surface area contributed by atoms with Gasteiger partial charge in [-0.2, -0.15) is 18.2 Å². The first-order valence-electron chi connectivity index (χ1n) is 15.7. The monoisotopic (exact) mass is 677 g/mol. The molecule has 0 bridgehead atoms. The predicted molar refractivity (Wildman–Crippen MR) is 165 cm³/mol. The highest BCUT2D eigenvalue weighted by Gasteiger charge is 2.45. The van der Waals surface area contributed by atoms with Crippen molar-refractivity contribution < 1.29 is 36.2 Å². The Morgan fingerprint density at radius 3 is 2.44 bits per heavy atom. The molecule has 2 aliphatic heterocycles. The average Bonchev–Trinajstić information content (AvgIpc) is 3.73. The average molecular weight is 678 g/mol. The molecule has 1 unspecified atom stereocenters. The molecule has 6 rings (SSSR count). The minimum absolute atomic E-state index is 0.0939. The SMILES string of the molecule is COc1ncc(-c2ccc(N(C(=O)NCC(F)F)C3CCC(Nc4ncc(C(F)(F)F)c(N5CCC6(CCOC6)C5)n4)CC3)nc2)cn1. The second-order valence-electron chi connectivity index (χ2n) is 12.4. The molecule has 1 atom stereocenters. The highest BCUT2D eigenvalue weighted by atomic mass is 19.4. The molecule has 1 spiro atoms. The zero-order valence-corrected chi connectivity index (χ0v) is 26.2. The molecular formula is C31H36F5N9O3. The van der Waals surface area contributed by atoms with E-state index in [-0.39, 0.29) is 41.1 Å². The summed E-state index contributed by atoms with van der Waals surface area (Å²) in [7, 11) is 1.46. The maximum atomic E-state index is 14.0. The van der Waals surface area contributed by atoms with Crippen LogP contribution in [0, 0.1) is 5.41 Å². The summed E-state index contributed by atoms with van der Waals surface area (Å²) in [5.41, 5.74) is 0.308. The Bertz CT molecular complexity index is 1550. The highest BCUT2D eigenvalue weighted by Crippen LogP contribution is 2.43. The molecule has 1 aliphatic carbocycles. The number of halogens is 5. The quantitative estimate of drug-likeness (QED) is 0.293. The molecule has 0 radical (unpaired) electrons. The molecule has 1 saturated carbocycles. The van der Waals surface area contributed by atoms with E-state index in [2.05, 4.69) is 35.6 Å². The molecule has 12 nitrogen and oxygen atoms in total. The highest BCUT2D eigenvalue weighted by molar-refractivity contribution is 5.91. The van der Waals surface area contributed by atoms with Crippen LogP contribution in [0.5, 0.6) is 6.01 Å². The number of hydrogen-bond donors (Lipinski definition) is 2. The van der Waals surface area contributed by atoms with Crippen LogP contribution in [0.1, 0.15) is 44.1 Å². The Morgan fingerprint density at radius 2 is 1.81 bits per heavy atom. The van der Waals surface area contributed by atoms with E-state index in [1.807, 2.05) is 0 Å². The number of hydrogen-bond acceptors (Lipinski definition) is 10. The minimum atomic E-state index is -4.61. The number of carbonyl (C=O) groups is 1. The fourth-order valence-corrected chi connectivity index (χ4v) is 6.61. The van der Waals surface area contributed by atoms with Crippen molar-refractivity contribution in [3.05, 3.63) is 42.5 Å². The van der Waals surface area contributed by atoms with E-state index < -0.39 is 30.7 Å². The number of pyridine rings is 1. The number of aromatic nitrogens is 5. The van der Waals surface area contributed by atoms with Crippen LogP contribution >= 0.6 is 0 Å². The molecule has 3 fully saturated rings. The van der Waals surface area contributed by atoms with Crippen molar-refractivity contribution in [2.45, 2.75) is 63.2 Å². The van der Waals surface area contributed by atoms with Gasteiger partial charge in [-0.15, -0.1) is 0 Å². The van der Waals surface area contributed by atoms with Gasteiger partial charge in [-0.25, -0.2) is 33.5 Å². The maximum Gasteiger partial charge on any atom is 0.421 e. The smallest absolute Gasteiger partial charge is 0.421 e. The second-order valence-corrected chi connectivity index (χ2v) is 12.4. The molecule has 3 aromatic rings. The largest absolute Gasteiger partial charge is 0.467 e. The van der Waals surface area contributed by atoms with Crippen LogP contribution in [0.25, 0.3) is 11.1 Å². The van der Waals surface area contributed by atoms with Crippen LogP contribution in [-0.4, -0.2) is 89.4 Å². The van der Waals surface area contributed by atoms with Crippen molar-refractivity contribution in [1.29, 1.82) is 0 Å². The summed E-state index contributed by atoms with van der Waals surface area (Å²) in [6.45, 7) is 1.19. The number of rotatable bonds is 9. The summed E-state index contributed by atoms with van der Waals surface area (Å²) in [5, 5.41) is 5.47. The van der Waals surface area contributed by atoms with Crippen molar-refractivity contribution in [3.63, 3.8) is 0 Å². The molecule has 3 aromatic heterocycles. The second kappa shape index (κ2) is 14.0. The lowest BCUT2D eigenvalue weighted by molar-refractivity contribution is -0.137. The molecule has 2 amide bonds. The lowest BCUT2D eigenvalue weighted by Gasteiger charge is -2.36. The van der Waals surface area contributed by atoms with E-state index in [0.29, 0.717) is 63.1 Å². The Morgan fingerprint density at radius 1 is 1.06 bits per heavy atom. The third kappa shape index (κ3) is 7.50. The molecule has 17 heteroatoms. The van der Waals surface area contributed by atoms with E-state index in [9.17, 15) is 26.7 Å². The van der Waals surface area contributed by atoms with Gasteiger partial charge in [0, 0.05) is 73.1 Å². The number of anilines is 3. The van der Waals surface area contributed by atoms with E-state index in [1.165, 1.54) is 12.0 Å². The number of nitrogens with one attached hydrogen (secondary N) is 2. The molecule has 2 N–H and O–H groups in total. The Kier molecular flexibility index (Phi) is 9.75. The molecule has 258 valence electrons. The standard InChI is InChI=1S/C31H36F5N9O3/c1-47-28-39-13-20(14-40-28)19-2-7-25(37-12-19)45(29(46)41-16-24(32)33)22-5-3-21(4-6-22)42-27-38-15-23(31(34,35)36)26(43-27)44-10-8-30(17-44)9-11-48-18-30/h2,7,12-15,21-22,24H,3-6,8-11,16-18H2,1H3,(H,41,46)(H,38,42,43). The van der Waals surface area contributed by atoms with Crippen molar-refractivity contribution in [2.24, 2.45) is 5.41 Å². The minimum Gasteiger partial charge on any atom is -0.467 e. The van der Waals surface area contributed by atoms with Crippen LogP contribution in [0.2, 0.25) is 0 Å². The first-order chi connectivity index (χ1) is 23.0. The fourth-order valence-electron chi connectivity index (χ4n) is 6.61. The van der Waals surface area contributed by atoms with Gasteiger partial charge in [0.2, 0.25) is 5.95 Å². The lowest BCUT2D eigenvalue weighted by Crippen LogP contribution is -2.50. The first kappa shape index (κ1) is 33.5. The number of carbonyl (C=O) groups excluding carboxylic acids is 1. The topological polar surface area (TPSA) is 131 Å².